The van der Waals surface area contributed by atoms with Gasteiger partial charge in [-0.05, 0) is 47.5 Å². The van der Waals surface area contributed by atoms with E-state index in [4.69, 9.17) is 21.0 Å². The maximum atomic E-state index is 13.3. The highest BCUT2D eigenvalue weighted by Crippen LogP contribution is 2.39. The summed E-state index contributed by atoms with van der Waals surface area (Å²) in [6.07, 6.45) is -3.26. The monoisotopic (exact) mass is 558 g/mol. The number of nitrogen functional groups attached to an aromatic ring is 1. The summed E-state index contributed by atoms with van der Waals surface area (Å²) in [5.74, 6) is -2.88. The van der Waals surface area contributed by atoms with Crippen LogP contribution in [0.5, 0.6) is 0 Å². The molecule has 0 unspecified atom stereocenters. The van der Waals surface area contributed by atoms with E-state index in [1.165, 1.54) is 33.9 Å². The molecule has 0 aliphatic carbocycles. The van der Waals surface area contributed by atoms with E-state index < -0.39 is 22.0 Å². The first-order valence-corrected chi connectivity index (χ1v) is 13.8. The van der Waals surface area contributed by atoms with Crippen molar-refractivity contribution in [3.05, 3.63) is 65.5 Å². The van der Waals surface area contributed by atoms with Gasteiger partial charge in [0.2, 0.25) is 9.84 Å². The molecule has 4 rings (SSSR count). The van der Waals surface area contributed by atoms with Crippen molar-refractivity contribution in [1.82, 2.24) is 0 Å². The number of carboxylic acids is 1. The smallest absolute Gasteiger partial charge is 0.475 e. The van der Waals surface area contributed by atoms with Crippen LogP contribution in [0.3, 0.4) is 0 Å². The van der Waals surface area contributed by atoms with Gasteiger partial charge >= 0.3 is 12.1 Å². The molecule has 0 atom stereocenters. The van der Waals surface area contributed by atoms with E-state index in [2.05, 4.69) is 18.2 Å². The number of carbonyl (C=O) groups is 1. The fourth-order valence-electron chi connectivity index (χ4n) is 2.89. The Labute approximate surface area is 210 Å². The van der Waals surface area contributed by atoms with Crippen molar-refractivity contribution in [3.63, 3.8) is 0 Å². The molecule has 35 heavy (non-hydrogen) atoms. The molecule has 0 aliphatic heterocycles. The largest absolute Gasteiger partial charge is 0.490 e. The van der Waals surface area contributed by atoms with Crippen LogP contribution in [0.1, 0.15) is 4.88 Å². The number of fused-ring (bicyclic) bond motifs is 1. The maximum absolute atomic E-state index is 13.3. The van der Waals surface area contributed by atoms with Gasteiger partial charge in [0.05, 0.1) is 18.9 Å². The zero-order valence-electron chi connectivity index (χ0n) is 17.8. The number of amidine groups is 1. The van der Waals surface area contributed by atoms with Gasteiger partial charge in [0, 0.05) is 9.58 Å². The van der Waals surface area contributed by atoms with Crippen LogP contribution in [0.4, 0.5) is 13.2 Å². The highest BCUT2D eigenvalue weighted by Gasteiger charge is 2.38. The second-order valence-corrected chi connectivity index (χ2v) is 12.0. The van der Waals surface area contributed by atoms with Gasteiger partial charge in [-0.3, -0.25) is 5.41 Å². The number of halogens is 3. The lowest BCUT2D eigenvalue weighted by atomic mass is 10.1. The highest BCUT2D eigenvalue weighted by atomic mass is 32.2. The summed E-state index contributed by atoms with van der Waals surface area (Å²) in [5.41, 5.74) is 6.43. The van der Waals surface area contributed by atoms with E-state index in [0.717, 1.165) is 15.8 Å². The van der Waals surface area contributed by atoms with Crippen LogP contribution in [-0.2, 0) is 14.6 Å². The fraction of sp³-hybridized carbons (Fsp3) is 0.0909. The molecule has 4 aromatic rings. The van der Waals surface area contributed by atoms with E-state index in [0.29, 0.717) is 9.09 Å². The lowest BCUT2D eigenvalue weighted by Crippen LogP contribution is -2.21. The molecule has 184 valence electrons. The molecule has 6 nitrogen and oxygen atoms in total. The van der Waals surface area contributed by atoms with Crippen LogP contribution in [0.15, 0.2) is 74.7 Å². The van der Waals surface area contributed by atoms with E-state index >= 15 is 0 Å². The van der Waals surface area contributed by atoms with Gasteiger partial charge in [-0.15, -0.1) is 34.4 Å². The number of thiophene rings is 2. The number of nitrogens with one attached hydrogen (secondary N) is 1. The molecular weight excluding hydrogens is 542 g/mol. The molecule has 0 aliphatic rings. The maximum Gasteiger partial charge on any atom is 0.490 e. The minimum Gasteiger partial charge on any atom is -0.475 e. The Morgan fingerprint density at radius 2 is 1.71 bits per heavy atom. The van der Waals surface area contributed by atoms with Crippen LogP contribution in [0.2, 0.25) is 0 Å². The third-order valence-corrected chi connectivity index (χ3v) is 10.0. The van der Waals surface area contributed by atoms with Crippen LogP contribution in [0.25, 0.3) is 20.5 Å². The first-order chi connectivity index (χ1) is 16.3. The molecule has 0 spiro atoms. The van der Waals surface area contributed by atoms with Crippen LogP contribution in [-0.4, -0.2) is 37.8 Å². The van der Waals surface area contributed by atoms with Gasteiger partial charge < -0.3 is 10.8 Å². The minimum atomic E-state index is -5.08. The van der Waals surface area contributed by atoms with Gasteiger partial charge in [0.25, 0.3) is 0 Å². The van der Waals surface area contributed by atoms with Gasteiger partial charge in [0.1, 0.15) is 5.84 Å². The molecule has 2 aromatic heterocycles. The third-order valence-electron chi connectivity index (χ3n) is 4.50. The number of aliphatic carboxylic acids is 1. The fourth-order valence-corrected chi connectivity index (χ4v) is 7.85. The average molecular weight is 559 g/mol. The van der Waals surface area contributed by atoms with E-state index in [9.17, 15) is 21.6 Å². The Balaban J connectivity index is 0.000000429. The van der Waals surface area contributed by atoms with Gasteiger partial charge in [-0.1, -0.05) is 30.3 Å². The van der Waals surface area contributed by atoms with Crippen molar-refractivity contribution in [3.8, 4) is 10.4 Å². The van der Waals surface area contributed by atoms with Gasteiger partial charge in [0.15, 0.2) is 0 Å². The summed E-state index contributed by atoms with van der Waals surface area (Å²) >= 11 is 4.22. The van der Waals surface area contributed by atoms with E-state index in [1.54, 1.807) is 29.5 Å². The Morgan fingerprint density at radius 3 is 2.29 bits per heavy atom. The van der Waals surface area contributed by atoms with Crippen molar-refractivity contribution in [2.45, 2.75) is 20.2 Å². The molecule has 0 bridgehead atoms. The molecular formula is C22H17F3N2O4S4. The minimum absolute atomic E-state index is 0.124. The highest BCUT2D eigenvalue weighted by molar-refractivity contribution is 8.01. The van der Waals surface area contributed by atoms with Crippen molar-refractivity contribution >= 4 is 66.2 Å². The number of hydrogen-bond donors (Lipinski definition) is 3. The van der Waals surface area contributed by atoms with Crippen molar-refractivity contribution < 1.29 is 31.5 Å². The van der Waals surface area contributed by atoms with Gasteiger partial charge in [-0.2, -0.15) is 13.2 Å². The second kappa shape index (κ2) is 10.4. The SMILES string of the molecule is CSc1sc(C(=N)N)cc1S(=O)(=O)c1cccc(-c2cc3ccccc3s2)c1.O=C(O)C(F)(F)F. The number of rotatable bonds is 5. The van der Waals surface area contributed by atoms with Crippen LogP contribution >= 0.6 is 34.4 Å². The summed E-state index contributed by atoms with van der Waals surface area (Å²) in [6, 6.07) is 18.7. The standard InChI is InChI=1S/C20H16N2O2S4.C2HF3O2/c1-25-20-18(11-17(27-20)19(21)22)28(23,24)14-7-4-6-12(9-14)16-10-13-5-2-3-8-15(13)26-16;3-2(4,5)1(6)7/h2-11H,1H3,(H3,21,22);(H,6,7). The number of nitrogens with two attached hydrogens (primary N) is 1. The first-order valence-electron chi connectivity index (χ1n) is 9.51. The summed E-state index contributed by atoms with van der Waals surface area (Å²) in [7, 11) is -3.71. The predicted molar refractivity (Wildman–Crippen MR) is 134 cm³/mol. The van der Waals surface area contributed by atoms with E-state index in [1.807, 2.05) is 24.5 Å². The molecule has 0 fully saturated rings. The summed E-state index contributed by atoms with van der Waals surface area (Å²) in [4.78, 5) is 10.8. The quantitative estimate of drug-likeness (QED) is 0.155. The number of benzene rings is 2. The Kier molecular flexibility index (Phi) is 7.94. The zero-order chi connectivity index (χ0) is 26.0. The van der Waals surface area contributed by atoms with Crippen LogP contribution < -0.4 is 5.73 Å². The van der Waals surface area contributed by atoms with Gasteiger partial charge in [-0.25, -0.2) is 13.2 Å². The van der Waals surface area contributed by atoms with Crippen molar-refractivity contribution in [2.75, 3.05) is 6.26 Å². The molecule has 2 aromatic carbocycles. The number of alkyl halides is 3. The Morgan fingerprint density at radius 1 is 1.06 bits per heavy atom. The zero-order valence-corrected chi connectivity index (χ0v) is 21.1. The molecule has 13 heteroatoms. The Bertz CT molecular complexity index is 1480. The third kappa shape index (κ3) is 6.04. The van der Waals surface area contributed by atoms with Crippen LogP contribution in [0, 0.1) is 5.41 Å². The lowest BCUT2D eigenvalue weighted by Gasteiger charge is -2.06. The predicted octanol–water partition coefficient (Wildman–Crippen LogP) is 6.10. The molecule has 0 saturated heterocycles. The average Bonchev–Trinajstić information content (AvgIpc) is 3.44. The lowest BCUT2D eigenvalue weighted by molar-refractivity contribution is -0.192. The molecule has 0 amide bonds. The second-order valence-electron chi connectivity index (χ2n) is 6.86. The molecule has 0 radical (unpaired) electrons. The summed E-state index contributed by atoms with van der Waals surface area (Å²) < 4.78 is 60.1. The molecule has 4 N–H and O–H groups in total. The number of carboxylic acid groups (broad SMARTS) is 1. The van der Waals surface area contributed by atoms with E-state index in [-0.39, 0.29) is 15.6 Å². The normalized spacial score (nSPS) is 11.7. The summed E-state index contributed by atoms with van der Waals surface area (Å²) in [5, 5.41) is 15.9. The number of sulfone groups is 1. The Hall–Kier alpha value is -2.87. The van der Waals surface area contributed by atoms with Crippen molar-refractivity contribution in [1.29, 1.82) is 5.41 Å². The number of thioether (sulfide) groups is 1. The summed E-state index contributed by atoms with van der Waals surface area (Å²) in [6.45, 7) is 0. The topological polar surface area (TPSA) is 121 Å². The number of hydrogen-bond acceptors (Lipinski definition) is 7. The first kappa shape index (κ1) is 26.7. The van der Waals surface area contributed by atoms with Crippen molar-refractivity contribution in [2.24, 2.45) is 5.73 Å². The molecule has 0 saturated carbocycles. The molecule has 2 heterocycles.